The highest BCUT2D eigenvalue weighted by atomic mass is 16.5. The number of hydrogen-bond donors (Lipinski definition) is 1. The predicted octanol–water partition coefficient (Wildman–Crippen LogP) is 8.10. The SMILES string of the molecule is Oc1ccc2ccccc2c1-c1c(OCc2ccc3ccccc3c2)ccc2ccccc12. The van der Waals surface area contributed by atoms with Crippen LogP contribution in [0.2, 0.25) is 0 Å². The second kappa shape index (κ2) is 7.99. The molecule has 0 aliphatic heterocycles. The zero-order valence-corrected chi connectivity index (χ0v) is 18.0. The minimum atomic E-state index is 0.251. The summed E-state index contributed by atoms with van der Waals surface area (Å²) in [5.74, 6) is 1.01. The van der Waals surface area contributed by atoms with Gasteiger partial charge >= 0.3 is 0 Å². The van der Waals surface area contributed by atoms with Gasteiger partial charge in [0.25, 0.3) is 0 Å². The highest BCUT2D eigenvalue weighted by molar-refractivity contribution is 6.09. The van der Waals surface area contributed by atoms with E-state index in [4.69, 9.17) is 4.74 Å². The van der Waals surface area contributed by atoms with E-state index in [1.165, 1.54) is 10.8 Å². The molecule has 0 unspecified atom stereocenters. The van der Waals surface area contributed by atoms with E-state index in [-0.39, 0.29) is 5.75 Å². The van der Waals surface area contributed by atoms with Gasteiger partial charge in [-0.15, -0.1) is 0 Å². The molecule has 2 heteroatoms. The number of rotatable bonds is 4. The molecular formula is C31H22O2. The Hall–Kier alpha value is -4.30. The highest BCUT2D eigenvalue weighted by Gasteiger charge is 2.18. The van der Waals surface area contributed by atoms with E-state index in [1.54, 1.807) is 6.07 Å². The Bertz CT molecular complexity index is 1630. The van der Waals surface area contributed by atoms with Crippen molar-refractivity contribution in [2.45, 2.75) is 6.61 Å². The van der Waals surface area contributed by atoms with Crippen LogP contribution in [0.15, 0.2) is 115 Å². The summed E-state index contributed by atoms with van der Waals surface area (Å²) in [6, 6.07) is 39.0. The van der Waals surface area contributed by atoms with Gasteiger partial charge in [0.05, 0.1) is 0 Å². The molecule has 0 amide bonds. The number of fused-ring (bicyclic) bond motifs is 3. The van der Waals surface area contributed by atoms with Gasteiger partial charge in [0.15, 0.2) is 0 Å². The van der Waals surface area contributed by atoms with Crippen molar-refractivity contribution in [2.75, 3.05) is 0 Å². The van der Waals surface area contributed by atoms with E-state index < -0.39 is 0 Å². The summed E-state index contributed by atoms with van der Waals surface area (Å²) in [5.41, 5.74) is 2.83. The van der Waals surface area contributed by atoms with Crippen molar-refractivity contribution in [2.24, 2.45) is 0 Å². The van der Waals surface area contributed by atoms with Crippen molar-refractivity contribution < 1.29 is 9.84 Å². The number of ether oxygens (including phenoxy) is 1. The Kier molecular flexibility index (Phi) is 4.70. The summed E-state index contributed by atoms with van der Waals surface area (Å²) in [5, 5.41) is 17.7. The molecule has 33 heavy (non-hydrogen) atoms. The van der Waals surface area contributed by atoms with Gasteiger partial charge in [0.1, 0.15) is 18.1 Å². The lowest BCUT2D eigenvalue weighted by molar-refractivity contribution is 0.308. The van der Waals surface area contributed by atoms with Gasteiger partial charge in [-0.25, -0.2) is 0 Å². The standard InChI is InChI=1S/C31H22O2/c32-28-17-15-23-8-3-5-11-26(23)30(28)31-27-12-6-4-9-24(27)16-18-29(31)33-20-21-13-14-22-7-1-2-10-25(22)19-21/h1-19,32H,20H2. The zero-order chi connectivity index (χ0) is 22.2. The molecule has 6 rings (SSSR count). The van der Waals surface area contributed by atoms with E-state index in [9.17, 15) is 5.11 Å². The van der Waals surface area contributed by atoms with Crippen LogP contribution in [0.4, 0.5) is 0 Å². The number of aromatic hydroxyl groups is 1. The number of phenols is 1. The first-order chi connectivity index (χ1) is 16.3. The largest absolute Gasteiger partial charge is 0.507 e. The van der Waals surface area contributed by atoms with Crippen LogP contribution in [0, 0.1) is 0 Å². The van der Waals surface area contributed by atoms with Gasteiger partial charge in [-0.05, 0) is 56.1 Å². The van der Waals surface area contributed by atoms with Crippen LogP contribution >= 0.6 is 0 Å². The maximum absolute atomic E-state index is 11.0. The van der Waals surface area contributed by atoms with Crippen LogP contribution < -0.4 is 4.74 Å². The van der Waals surface area contributed by atoms with E-state index in [0.29, 0.717) is 6.61 Å². The van der Waals surface area contributed by atoms with Crippen molar-refractivity contribution in [3.05, 3.63) is 121 Å². The summed E-state index contributed by atoms with van der Waals surface area (Å²) in [4.78, 5) is 0. The molecule has 0 aliphatic rings. The molecule has 6 aromatic carbocycles. The minimum Gasteiger partial charge on any atom is -0.507 e. The molecule has 0 radical (unpaired) electrons. The van der Waals surface area contributed by atoms with Crippen molar-refractivity contribution in [3.8, 4) is 22.6 Å². The van der Waals surface area contributed by atoms with E-state index in [0.717, 1.165) is 44.0 Å². The molecule has 0 heterocycles. The summed E-state index contributed by atoms with van der Waals surface area (Å²) >= 11 is 0. The molecule has 158 valence electrons. The zero-order valence-electron chi connectivity index (χ0n) is 18.0. The van der Waals surface area contributed by atoms with Crippen LogP contribution in [0.25, 0.3) is 43.4 Å². The molecule has 1 N–H and O–H groups in total. The molecule has 0 saturated heterocycles. The number of benzene rings is 6. The lowest BCUT2D eigenvalue weighted by Crippen LogP contribution is -1.98. The van der Waals surface area contributed by atoms with E-state index in [1.807, 2.05) is 36.4 Å². The minimum absolute atomic E-state index is 0.251. The van der Waals surface area contributed by atoms with Crippen LogP contribution in [0.1, 0.15) is 5.56 Å². The Labute approximate surface area is 192 Å². The van der Waals surface area contributed by atoms with Gasteiger partial charge in [0, 0.05) is 11.1 Å². The van der Waals surface area contributed by atoms with Crippen molar-refractivity contribution >= 4 is 32.3 Å². The highest BCUT2D eigenvalue weighted by Crippen LogP contribution is 2.45. The number of phenolic OH excluding ortho intramolecular Hbond substituents is 1. The van der Waals surface area contributed by atoms with Gasteiger partial charge in [-0.1, -0.05) is 97.1 Å². The molecule has 0 saturated carbocycles. The van der Waals surface area contributed by atoms with Crippen LogP contribution in [-0.2, 0) is 6.61 Å². The van der Waals surface area contributed by atoms with Crippen LogP contribution in [0.3, 0.4) is 0 Å². The quantitative estimate of drug-likeness (QED) is 0.309. The Morgan fingerprint density at radius 1 is 0.515 bits per heavy atom. The van der Waals surface area contributed by atoms with Crippen molar-refractivity contribution in [1.82, 2.24) is 0 Å². The average molecular weight is 427 g/mol. The normalized spacial score (nSPS) is 11.3. The molecule has 0 aliphatic carbocycles. The Morgan fingerprint density at radius 2 is 1.09 bits per heavy atom. The Morgan fingerprint density at radius 3 is 1.85 bits per heavy atom. The lowest BCUT2D eigenvalue weighted by Gasteiger charge is -2.17. The molecule has 0 atom stereocenters. The van der Waals surface area contributed by atoms with Crippen LogP contribution in [0.5, 0.6) is 11.5 Å². The molecular weight excluding hydrogens is 404 g/mol. The molecule has 2 nitrogen and oxygen atoms in total. The smallest absolute Gasteiger partial charge is 0.128 e. The summed E-state index contributed by atoms with van der Waals surface area (Å²) < 4.78 is 6.43. The summed E-state index contributed by atoms with van der Waals surface area (Å²) in [6.45, 7) is 0.446. The molecule has 0 aromatic heterocycles. The summed E-state index contributed by atoms with van der Waals surface area (Å²) in [7, 11) is 0. The Balaban J connectivity index is 1.51. The third-order valence-electron chi connectivity index (χ3n) is 6.26. The first-order valence-corrected chi connectivity index (χ1v) is 11.1. The molecule has 0 spiro atoms. The number of hydrogen-bond acceptors (Lipinski definition) is 2. The fourth-order valence-corrected chi connectivity index (χ4v) is 4.64. The van der Waals surface area contributed by atoms with Crippen LogP contribution in [-0.4, -0.2) is 5.11 Å². The van der Waals surface area contributed by atoms with E-state index in [2.05, 4.69) is 72.8 Å². The second-order valence-electron chi connectivity index (χ2n) is 8.31. The molecule has 0 bridgehead atoms. The first-order valence-electron chi connectivity index (χ1n) is 11.1. The maximum Gasteiger partial charge on any atom is 0.128 e. The average Bonchev–Trinajstić information content (AvgIpc) is 2.87. The van der Waals surface area contributed by atoms with Crippen molar-refractivity contribution in [3.63, 3.8) is 0 Å². The van der Waals surface area contributed by atoms with Crippen molar-refractivity contribution in [1.29, 1.82) is 0 Å². The summed E-state index contributed by atoms with van der Waals surface area (Å²) in [6.07, 6.45) is 0. The predicted molar refractivity (Wildman–Crippen MR) is 137 cm³/mol. The topological polar surface area (TPSA) is 29.5 Å². The fraction of sp³-hybridized carbons (Fsp3) is 0.0323. The van der Waals surface area contributed by atoms with E-state index >= 15 is 0 Å². The lowest BCUT2D eigenvalue weighted by atomic mass is 9.92. The third kappa shape index (κ3) is 3.46. The monoisotopic (exact) mass is 426 g/mol. The fourth-order valence-electron chi connectivity index (χ4n) is 4.64. The van der Waals surface area contributed by atoms with Gasteiger partial charge in [-0.3, -0.25) is 0 Å². The third-order valence-corrected chi connectivity index (χ3v) is 6.26. The second-order valence-corrected chi connectivity index (χ2v) is 8.31. The maximum atomic E-state index is 11.0. The molecule has 6 aromatic rings. The van der Waals surface area contributed by atoms with Gasteiger partial charge in [0.2, 0.25) is 0 Å². The van der Waals surface area contributed by atoms with Gasteiger partial charge in [-0.2, -0.15) is 0 Å². The van der Waals surface area contributed by atoms with Gasteiger partial charge < -0.3 is 9.84 Å². The first kappa shape index (κ1) is 19.4. The molecule has 0 fully saturated rings.